The molecule has 0 radical (unpaired) electrons. The number of nitrogens with one attached hydrogen (secondary N) is 1. The van der Waals surface area contributed by atoms with Crippen molar-refractivity contribution in [3.63, 3.8) is 0 Å². The van der Waals surface area contributed by atoms with Crippen LogP contribution in [-0.2, 0) is 13.5 Å². The number of fused-ring (bicyclic) bond motifs is 1. The number of rotatable bonds is 7. The Morgan fingerprint density at radius 3 is 2.55 bits per heavy atom. The number of aryl methyl sites for hydroxylation is 2. The van der Waals surface area contributed by atoms with Crippen molar-refractivity contribution in [2.45, 2.75) is 33.1 Å². The zero-order valence-electron chi connectivity index (χ0n) is 17.9. The Hall–Kier alpha value is -3.09. The van der Waals surface area contributed by atoms with E-state index in [1.807, 2.05) is 38.2 Å². The first kappa shape index (κ1) is 20.6. The zero-order chi connectivity index (χ0) is 21.1. The van der Waals surface area contributed by atoms with E-state index in [9.17, 15) is 4.79 Å². The number of benzene rings is 1. The number of pyridine rings is 1. The molecule has 7 heteroatoms. The van der Waals surface area contributed by atoms with Crippen molar-refractivity contribution in [3.05, 3.63) is 46.8 Å². The topological polar surface area (TPSA) is 78.3 Å². The maximum absolute atomic E-state index is 13.0. The smallest absolute Gasteiger partial charge is 0.252 e. The minimum absolute atomic E-state index is 0.115. The number of hydrogen-bond donors (Lipinski definition) is 1. The van der Waals surface area contributed by atoms with Crippen LogP contribution < -0.4 is 14.8 Å². The third-order valence-corrected chi connectivity index (χ3v) is 4.97. The number of carbonyl (C=O) groups is 1. The molecule has 1 N–H and O–H groups in total. The summed E-state index contributed by atoms with van der Waals surface area (Å²) in [5, 5.41) is 8.28. The van der Waals surface area contributed by atoms with Gasteiger partial charge in [-0.2, -0.15) is 5.10 Å². The third kappa shape index (κ3) is 4.18. The second-order valence-corrected chi connectivity index (χ2v) is 7.35. The fourth-order valence-electron chi connectivity index (χ4n) is 3.39. The molecule has 3 rings (SSSR count). The summed E-state index contributed by atoms with van der Waals surface area (Å²) < 4.78 is 12.3. The molecule has 3 aromatic rings. The molecule has 2 aromatic heterocycles. The molecule has 154 valence electrons. The number of hydrogen-bond acceptors (Lipinski definition) is 5. The fraction of sp³-hybridized carbons (Fsp3) is 0.409. The summed E-state index contributed by atoms with van der Waals surface area (Å²) in [6, 6.07) is 7.65. The van der Waals surface area contributed by atoms with Crippen molar-refractivity contribution < 1.29 is 14.3 Å². The molecule has 29 heavy (non-hydrogen) atoms. The Labute approximate surface area is 171 Å². The largest absolute Gasteiger partial charge is 0.493 e. The average molecular weight is 396 g/mol. The lowest BCUT2D eigenvalue weighted by molar-refractivity contribution is 0.0955. The molecule has 0 spiro atoms. The minimum Gasteiger partial charge on any atom is -0.493 e. The van der Waals surface area contributed by atoms with E-state index in [4.69, 9.17) is 14.5 Å². The van der Waals surface area contributed by atoms with E-state index in [2.05, 4.69) is 24.3 Å². The SMILES string of the molecule is COc1ccc(CCNC(=O)c2cc(C(C)C)nc3c2c(C)nn3C)cc1OC. The van der Waals surface area contributed by atoms with Gasteiger partial charge in [-0.3, -0.25) is 9.48 Å². The molecule has 7 nitrogen and oxygen atoms in total. The highest BCUT2D eigenvalue weighted by Crippen LogP contribution is 2.28. The van der Waals surface area contributed by atoms with Gasteiger partial charge in [0.2, 0.25) is 0 Å². The number of carbonyl (C=O) groups excluding carboxylic acids is 1. The summed E-state index contributed by atoms with van der Waals surface area (Å²) >= 11 is 0. The van der Waals surface area contributed by atoms with E-state index in [-0.39, 0.29) is 11.8 Å². The van der Waals surface area contributed by atoms with E-state index < -0.39 is 0 Å². The predicted octanol–water partition coefficient (Wildman–Crippen LogP) is 3.39. The average Bonchev–Trinajstić information content (AvgIpc) is 3.00. The van der Waals surface area contributed by atoms with Crippen LogP contribution in [0.15, 0.2) is 24.3 Å². The monoisotopic (exact) mass is 396 g/mol. The van der Waals surface area contributed by atoms with Crippen LogP contribution in [0, 0.1) is 6.92 Å². The van der Waals surface area contributed by atoms with Gasteiger partial charge in [-0.15, -0.1) is 0 Å². The number of ether oxygens (including phenoxy) is 2. The molecule has 0 aliphatic rings. The van der Waals surface area contributed by atoms with Gasteiger partial charge in [0.25, 0.3) is 5.91 Å². The Morgan fingerprint density at radius 1 is 1.17 bits per heavy atom. The molecule has 0 fully saturated rings. The molecule has 1 amide bonds. The maximum Gasteiger partial charge on any atom is 0.252 e. The maximum atomic E-state index is 13.0. The second kappa shape index (κ2) is 8.51. The van der Waals surface area contributed by atoms with Crippen LogP contribution in [0.25, 0.3) is 11.0 Å². The summed E-state index contributed by atoms with van der Waals surface area (Å²) in [4.78, 5) is 17.7. The Morgan fingerprint density at radius 2 is 1.90 bits per heavy atom. The van der Waals surface area contributed by atoms with Crippen molar-refractivity contribution in [3.8, 4) is 11.5 Å². The van der Waals surface area contributed by atoms with Crippen molar-refractivity contribution in [2.75, 3.05) is 20.8 Å². The first-order valence-corrected chi connectivity index (χ1v) is 9.69. The van der Waals surface area contributed by atoms with Crippen molar-refractivity contribution in [2.24, 2.45) is 7.05 Å². The van der Waals surface area contributed by atoms with Crippen LogP contribution in [0.2, 0.25) is 0 Å². The van der Waals surface area contributed by atoms with Crippen molar-refractivity contribution in [1.29, 1.82) is 0 Å². The summed E-state index contributed by atoms with van der Waals surface area (Å²) in [5.74, 6) is 1.47. The minimum atomic E-state index is -0.115. The summed E-state index contributed by atoms with van der Waals surface area (Å²) in [7, 11) is 5.07. The number of methoxy groups -OCH3 is 2. The van der Waals surface area contributed by atoms with Gasteiger partial charge >= 0.3 is 0 Å². The Balaban J connectivity index is 1.80. The molecule has 0 saturated carbocycles. The molecule has 1 aromatic carbocycles. The number of nitrogens with zero attached hydrogens (tertiary/aromatic N) is 3. The van der Waals surface area contributed by atoms with Gasteiger partial charge in [-0.25, -0.2) is 4.98 Å². The van der Waals surface area contributed by atoms with E-state index in [0.29, 0.717) is 30.0 Å². The van der Waals surface area contributed by atoms with Crippen LogP contribution in [0.3, 0.4) is 0 Å². The number of amides is 1. The molecule has 0 bridgehead atoms. The summed E-state index contributed by atoms with van der Waals surface area (Å²) in [6.45, 7) is 6.54. The van der Waals surface area contributed by atoms with Crippen LogP contribution in [0.1, 0.15) is 47.1 Å². The van der Waals surface area contributed by atoms with Crippen molar-refractivity contribution >= 4 is 16.9 Å². The van der Waals surface area contributed by atoms with Gasteiger partial charge < -0.3 is 14.8 Å². The first-order valence-electron chi connectivity index (χ1n) is 9.69. The molecule has 0 atom stereocenters. The van der Waals surface area contributed by atoms with Crippen molar-refractivity contribution in [1.82, 2.24) is 20.1 Å². The van der Waals surface area contributed by atoms with Crippen LogP contribution in [0.5, 0.6) is 11.5 Å². The van der Waals surface area contributed by atoms with E-state index >= 15 is 0 Å². The third-order valence-electron chi connectivity index (χ3n) is 4.97. The normalized spacial score (nSPS) is 11.1. The highest BCUT2D eigenvalue weighted by atomic mass is 16.5. The Kier molecular flexibility index (Phi) is 6.06. The lowest BCUT2D eigenvalue weighted by Gasteiger charge is -2.12. The van der Waals surface area contributed by atoms with E-state index in [1.165, 1.54) is 0 Å². The second-order valence-electron chi connectivity index (χ2n) is 7.35. The highest BCUT2D eigenvalue weighted by Gasteiger charge is 2.19. The van der Waals surface area contributed by atoms with Gasteiger partial charge in [0.15, 0.2) is 17.1 Å². The van der Waals surface area contributed by atoms with Gasteiger partial charge in [0.1, 0.15) is 0 Å². The predicted molar refractivity (Wildman–Crippen MR) is 113 cm³/mol. The molecule has 0 aliphatic carbocycles. The van der Waals surface area contributed by atoms with Crippen LogP contribution in [0.4, 0.5) is 0 Å². The lowest BCUT2D eigenvalue weighted by Crippen LogP contribution is -2.26. The van der Waals surface area contributed by atoms with Crippen LogP contribution >= 0.6 is 0 Å². The molecule has 0 unspecified atom stereocenters. The lowest BCUT2D eigenvalue weighted by atomic mass is 10.0. The highest BCUT2D eigenvalue weighted by molar-refractivity contribution is 6.06. The fourth-order valence-corrected chi connectivity index (χ4v) is 3.39. The molecule has 2 heterocycles. The number of aromatic nitrogens is 3. The standard InChI is InChI=1S/C22H28N4O3/c1-13(2)17-12-16(20-14(3)25-26(4)21(20)24-17)22(27)23-10-9-15-7-8-18(28-5)19(11-15)29-6/h7-8,11-13H,9-10H2,1-6H3,(H,23,27). The molecular formula is C22H28N4O3. The van der Waals surface area contributed by atoms with Gasteiger partial charge in [0, 0.05) is 19.3 Å². The molecular weight excluding hydrogens is 368 g/mol. The molecule has 0 aliphatic heterocycles. The quantitative estimate of drug-likeness (QED) is 0.662. The molecule has 0 saturated heterocycles. The Bertz CT molecular complexity index is 1040. The van der Waals surface area contributed by atoms with E-state index in [0.717, 1.165) is 28.0 Å². The zero-order valence-corrected chi connectivity index (χ0v) is 17.9. The van der Waals surface area contributed by atoms with E-state index in [1.54, 1.807) is 18.9 Å². The van der Waals surface area contributed by atoms with Gasteiger partial charge in [-0.1, -0.05) is 19.9 Å². The summed E-state index contributed by atoms with van der Waals surface area (Å²) in [6.07, 6.45) is 0.684. The summed E-state index contributed by atoms with van der Waals surface area (Å²) in [5.41, 5.74) is 4.10. The van der Waals surface area contributed by atoms with Gasteiger partial charge in [0.05, 0.1) is 30.9 Å². The van der Waals surface area contributed by atoms with Gasteiger partial charge in [-0.05, 0) is 43.0 Å². The first-order chi connectivity index (χ1) is 13.8. The van der Waals surface area contributed by atoms with Crippen LogP contribution in [-0.4, -0.2) is 41.4 Å².